The van der Waals surface area contributed by atoms with E-state index in [4.69, 9.17) is 133 Å². The molecule has 42 heteroatoms. The molecule has 0 aliphatic carbocycles. The van der Waals surface area contributed by atoms with Crippen LogP contribution in [0, 0.1) is 47.3 Å². The highest BCUT2D eigenvalue weighted by molar-refractivity contribution is 5.70. The summed E-state index contributed by atoms with van der Waals surface area (Å²) in [7, 11) is 1.30. The first-order valence-corrected chi connectivity index (χ1v) is 40.0. The summed E-state index contributed by atoms with van der Waals surface area (Å²) < 4.78 is 172. The van der Waals surface area contributed by atoms with Crippen LogP contribution in [0.3, 0.4) is 0 Å². The van der Waals surface area contributed by atoms with Gasteiger partial charge < -0.3 is 133 Å². The van der Waals surface area contributed by atoms with E-state index in [9.17, 15) is 67.1 Å². The fraction of sp³-hybridized carbons (Fsp3) is 0.823. The lowest BCUT2D eigenvalue weighted by Crippen LogP contribution is -2.66. The largest absolute Gasteiger partial charge is 0.463 e. The Morgan fingerprint density at radius 3 is 0.479 bits per heavy atom. The molecule has 0 bridgehead atoms. The summed E-state index contributed by atoms with van der Waals surface area (Å²) in [4.78, 5) is 180. The molecule has 7 aliphatic heterocycles. The Balaban J connectivity index is 1.23. The van der Waals surface area contributed by atoms with E-state index in [-0.39, 0.29) is 12.5 Å². The van der Waals surface area contributed by atoms with E-state index in [2.05, 4.69) is 0 Å². The predicted octanol–water partition coefficient (Wildman–Crippen LogP) is 2.57. The fourth-order valence-corrected chi connectivity index (χ4v) is 15.8. The molecule has 42 nitrogen and oxygen atoms in total. The standard InChI is InChI=1S/C79H118O42/c1-31-32(2)66(102-46(16)87)74(109-53(31)24-95-39(9)80)116-61-34(4)68(104-48(18)89)76(111-55(61)26-97-41(11)82)118-63-36(6)70(106-50(20)91)78(113-57(63)28-99-43(13)84)120-65-38(8)72(108-52(22)93)79(115-59(65)30-101-45(15)86)121-64-37(7)71(107-51(21)92)77(114-58(64)29-100-44(14)85)119-62-35(5)69(105-49(19)90)75(112-56(62)27-98-42(12)83)117-60-33(3)67(103-47(17)88)73(94-23)110-54(60)25-96-40(10)81/h31-38,53-79H,24-30H2,1-23H3. The van der Waals surface area contributed by atoms with E-state index < -0.39 is 331 Å². The van der Waals surface area contributed by atoms with Gasteiger partial charge in [-0.25, -0.2) is 0 Å². The van der Waals surface area contributed by atoms with Gasteiger partial charge in [0, 0.05) is 145 Å². The van der Waals surface area contributed by atoms with Crippen molar-refractivity contribution in [1.29, 1.82) is 0 Å². The SMILES string of the molecule is COC1OC(COC(C)=O)C(OC2OC(COC(C)=O)C(OC3OC(COC(C)=O)C(OC4OC(COC(C)=O)C(OC5OC(COC(C)=O)C(OC6OC(COC(C)=O)C(OC7OC(COC(C)=O)C(C)C(C)C7OC(C)=O)C(C)C6OC(C)=O)C(C)C5OC(C)=O)C(C)C4OC(C)=O)C(C)C3OC(C)=O)C(C)C2OC(C)=O)C(C)C1OC(C)=O. The van der Waals surface area contributed by atoms with Crippen molar-refractivity contribution in [3.63, 3.8) is 0 Å². The van der Waals surface area contributed by atoms with Crippen LogP contribution in [0.25, 0.3) is 0 Å². The topological polar surface area (TPSA) is 497 Å². The van der Waals surface area contributed by atoms with Crippen LogP contribution in [0.2, 0.25) is 0 Å². The third kappa shape index (κ3) is 27.8. The summed E-state index contributed by atoms with van der Waals surface area (Å²) >= 11 is 0. The molecule has 7 heterocycles. The molecule has 7 rings (SSSR count). The fourth-order valence-electron chi connectivity index (χ4n) is 15.8. The van der Waals surface area contributed by atoms with Gasteiger partial charge in [0.15, 0.2) is 86.8 Å². The third-order valence-electron chi connectivity index (χ3n) is 21.6. The average molecular weight is 1740 g/mol. The minimum Gasteiger partial charge on any atom is -0.463 e. The summed E-state index contributed by atoms with van der Waals surface area (Å²) in [6.07, 6.45) is -38.2. The van der Waals surface area contributed by atoms with Crippen LogP contribution < -0.4 is 0 Å². The van der Waals surface area contributed by atoms with Crippen molar-refractivity contribution in [2.24, 2.45) is 47.3 Å². The number of hydrogen-bond acceptors (Lipinski definition) is 42. The summed E-state index contributed by atoms with van der Waals surface area (Å²) in [5.74, 6) is -18.3. The lowest BCUT2D eigenvalue weighted by Gasteiger charge is -2.52. The van der Waals surface area contributed by atoms with E-state index in [1.807, 2.05) is 6.92 Å². The van der Waals surface area contributed by atoms with E-state index >= 15 is 0 Å². The Hall–Kier alpha value is -7.98. The highest BCUT2D eigenvalue weighted by atomic mass is 16.8. The first kappa shape index (κ1) is 100. The van der Waals surface area contributed by atoms with Crippen LogP contribution in [0.5, 0.6) is 0 Å². The molecule has 35 unspecified atom stereocenters. The summed E-state index contributed by atoms with van der Waals surface area (Å²) in [6.45, 7) is 25.1. The molecule has 0 aromatic heterocycles. The van der Waals surface area contributed by atoms with Crippen molar-refractivity contribution < 1.29 is 200 Å². The second-order valence-corrected chi connectivity index (χ2v) is 31.1. The zero-order valence-electron chi connectivity index (χ0n) is 72.3. The Kier molecular flexibility index (Phi) is 37.7. The second kappa shape index (κ2) is 45.6. The van der Waals surface area contributed by atoms with E-state index in [0.717, 1.165) is 76.2 Å². The molecule has 0 aromatic rings. The highest BCUT2D eigenvalue weighted by Gasteiger charge is 2.61. The van der Waals surface area contributed by atoms with Gasteiger partial charge in [-0.3, -0.25) is 67.1 Å². The minimum atomic E-state index is -1.77. The van der Waals surface area contributed by atoms with Gasteiger partial charge in [0.05, 0.1) is 42.7 Å². The quantitative estimate of drug-likeness (QED) is 0.0660. The molecule has 7 fully saturated rings. The van der Waals surface area contributed by atoms with Crippen molar-refractivity contribution in [3.05, 3.63) is 0 Å². The number of carbonyl (C=O) groups excluding carboxylic acids is 14. The van der Waals surface area contributed by atoms with E-state index in [1.165, 1.54) is 34.8 Å². The van der Waals surface area contributed by atoms with Crippen molar-refractivity contribution in [2.75, 3.05) is 53.4 Å². The van der Waals surface area contributed by atoms with Gasteiger partial charge >= 0.3 is 83.6 Å². The Morgan fingerprint density at radius 2 is 0.322 bits per heavy atom. The number of methoxy groups -OCH3 is 1. The van der Waals surface area contributed by atoms with Crippen LogP contribution in [-0.4, -0.2) is 303 Å². The molecule has 35 atom stereocenters. The Morgan fingerprint density at radius 1 is 0.182 bits per heavy atom. The third-order valence-corrected chi connectivity index (χ3v) is 21.6. The molecule has 0 spiro atoms. The van der Waals surface area contributed by atoms with E-state index in [1.54, 1.807) is 41.5 Å². The number of rotatable bonds is 34. The molecular formula is C79H118O42. The van der Waals surface area contributed by atoms with Gasteiger partial charge in [-0.1, -0.05) is 55.4 Å². The van der Waals surface area contributed by atoms with Crippen LogP contribution in [0.15, 0.2) is 0 Å². The summed E-state index contributed by atoms with van der Waals surface area (Å²) in [6, 6.07) is 0. The Bertz CT molecular complexity index is 3540. The molecule has 0 radical (unpaired) electrons. The van der Waals surface area contributed by atoms with Crippen LogP contribution >= 0.6 is 0 Å². The monoisotopic (exact) mass is 1740 g/mol. The maximum atomic E-state index is 13.5. The first-order valence-electron chi connectivity index (χ1n) is 40.0. The summed E-state index contributed by atoms with van der Waals surface area (Å²) in [5, 5.41) is 0. The molecule has 121 heavy (non-hydrogen) atoms. The van der Waals surface area contributed by atoms with E-state index in [0.29, 0.717) is 0 Å². The smallest absolute Gasteiger partial charge is 0.303 e. The van der Waals surface area contributed by atoms with Gasteiger partial charge in [-0.15, -0.1) is 0 Å². The van der Waals surface area contributed by atoms with Gasteiger partial charge in [0.25, 0.3) is 0 Å². The second-order valence-electron chi connectivity index (χ2n) is 31.1. The highest BCUT2D eigenvalue weighted by Crippen LogP contribution is 2.46. The number of ether oxygens (including phenoxy) is 28. The Labute approximate surface area is 700 Å². The normalized spacial score (nSPS) is 37.8. The zero-order chi connectivity index (χ0) is 90.0. The maximum absolute atomic E-state index is 13.5. The molecule has 0 saturated carbocycles. The maximum Gasteiger partial charge on any atom is 0.303 e. The molecule has 686 valence electrons. The summed E-state index contributed by atoms with van der Waals surface area (Å²) in [5.41, 5.74) is 0. The van der Waals surface area contributed by atoms with Gasteiger partial charge in [0.1, 0.15) is 82.9 Å². The first-order chi connectivity index (χ1) is 56.8. The van der Waals surface area contributed by atoms with Gasteiger partial charge in [0.2, 0.25) is 0 Å². The average Bonchev–Trinajstić information content (AvgIpc) is 0.764. The van der Waals surface area contributed by atoms with Crippen molar-refractivity contribution in [2.45, 2.75) is 318 Å². The lowest BCUT2D eigenvalue weighted by molar-refractivity contribution is -0.387. The van der Waals surface area contributed by atoms with Crippen molar-refractivity contribution >= 4 is 83.6 Å². The minimum absolute atomic E-state index is 0.213. The number of carbonyl (C=O) groups is 14. The molecule has 7 saturated heterocycles. The molecule has 0 N–H and O–H groups in total. The van der Waals surface area contributed by atoms with Crippen LogP contribution in [0.4, 0.5) is 0 Å². The predicted molar refractivity (Wildman–Crippen MR) is 395 cm³/mol. The van der Waals surface area contributed by atoms with Crippen LogP contribution in [0.1, 0.15) is 152 Å². The zero-order valence-corrected chi connectivity index (χ0v) is 72.3. The van der Waals surface area contributed by atoms with Gasteiger partial charge in [-0.2, -0.15) is 0 Å². The van der Waals surface area contributed by atoms with Gasteiger partial charge in [-0.05, 0) is 5.92 Å². The number of hydrogen-bond donors (Lipinski definition) is 0. The molecule has 0 amide bonds. The van der Waals surface area contributed by atoms with Crippen LogP contribution in [-0.2, 0) is 200 Å². The lowest BCUT2D eigenvalue weighted by atomic mass is 9.83. The molecule has 0 aromatic carbocycles. The van der Waals surface area contributed by atoms with Crippen molar-refractivity contribution in [3.8, 4) is 0 Å². The van der Waals surface area contributed by atoms with Crippen molar-refractivity contribution in [1.82, 2.24) is 0 Å². The molecule has 7 aliphatic rings. The molecular weight excluding hydrogens is 1620 g/mol. The number of esters is 14.